The van der Waals surface area contributed by atoms with E-state index in [-0.39, 0.29) is 0 Å². The van der Waals surface area contributed by atoms with Gasteiger partial charge in [-0.2, -0.15) is 0 Å². The summed E-state index contributed by atoms with van der Waals surface area (Å²) in [6.45, 7) is 7.93. The summed E-state index contributed by atoms with van der Waals surface area (Å²) in [5.41, 5.74) is 9.16. The third kappa shape index (κ3) is 6.28. The number of nitrogens with zero attached hydrogens (tertiary/aromatic N) is 2. The Bertz CT molecular complexity index is 816. The lowest BCUT2D eigenvalue weighted by Gasteiger charge is -2.26. The number of fused-ring (bicyclic) bond motifs is 3. The van der Waals surface area contributed by atoms with Gasteiger partial charge in [0.15, 0.2) is 0 Å². The maximum atomic E-state index is 2.67. The van der Waals surface area contributed by atoms with Crippen LogP contribution >= 0.6 is 0 Å². The van der Waals surface area contributed by atoms with E-state index in [2.05, 4.69) is 46.2 Å². The van der Waals surface area contributed by atoms with Gasteiger partial charge in [0.2, 0.25) is 0 Å². The van der Waals surface area contributed by atoms with Crippen molar-refractivity contribution in [1.82, 2.24) is 9.80 Å². The molecular formula is C31H44N2. The van der Waals surface area contributed by atoms with Crippen molar-refractivity contribution < 1.29 is 0 Å². The summed E-state index contributed by atoms with van der Waals surface area (Å²) in [6, 6.07) is 14.6. The average molecular weight is 445 g/mol. The number of benzene rings is 2. The first-order chi connectivity index (χ1) is 16.3. The zero-order valence-electron chi connectivity index (χ0n) is 20.8. The van der Waals surface area contributed by atoms with E-state index in [0.717, 1.165) is 6.42 Å². The minimum atomic E-state index is 1.13. The molecule has 2 heteroatoms. The Kier molecular flexibility index (Phi) is 8.17. The van der Waals surface area contributed by atoms with Crippen molar-refractivity contribution in [3.8, 4) is 11.1 Å². The predicted octanol–water partition coefficient (Wildman–Crippen LogP) is 6.88. The monoisotopic (exact) mass is 444 g/mol. The number of unbranched alkanes of at least 4 members (excludes halogenated alkanes) is 2. The predicted molar refractivity (Wildman–Crippen MR) is 141 cm³/mol. The van der Waals surface area contributed by atoms with Gasteiger partial charge in [-0.15, -0.1) is 0 Å². The Morgan fingerprint density at radius 1 is 0.515 bits per heavy atom. The van der Waals surface area contributed by atoms with Crippen molar-refractivity contribution >= 4 is 0 Å². The SMILES string of the molecule is c1cc2c(cc1CCCCN1CCCCC1)Cc1cc(CCCCN3CCCCC3)ccc1-2. The molecule has 0 unspecified atom stereocenters. The number of piperidine rings is 2. The van der Waals surface area contributed by atoms with Gasteiger partial charge in [0.05, 0.1) is 0 Å². The second kappa shape index (κ2) is 11.7. The van der Waals surface area contributed by atoms with Gasteiger partial charge in [0, 0.05) is 0 Å². The Labute approximate surface area is 202 Å². The topological polar surface area (TPSA) is 6.48 Å². The fourth-order valence-corrected chi connectivity index (χ4v) is 6.32. The molecule has 0 saturated carbocycles. The van der Waals surface area contributed by atoms with Crippen molar-refractivity contribution in [3.05, 3.63) is 58.7 Å². The summed E-state index contributed by atoms with van der Waals surface area (Å²) in [5.74, 6) is 0. The number of rotatable bonds is 10. The van der Waals surface area contributed by atoms with Crippen LogP contribution in [0, 0.1) is 0 Å². The van der Waals surface area contributed by atoms with Crippen molar-refractivity contribution in [2.24, 2.45) is 0 Å². The largest absolute Gasteiger partial charge is 0.303 e. The summed E-state index contributed by atoms with van der Waals surface area (Å²) in [7, 11) is 0. The third-order valence-electron chi connectivity index (χ3n) is 8.29. The smallest absolute Gasteiger partial charge is 0.00133 e. The Morgan fingerprint density at radius 2 is 0.970 bits per heavy atom. The van der Waals surface area contributed by atoms with Gasteiger partial charge in [0.25, 0.3) is 0 Å². The van der Waals surface area contributed by atoms with Crippen LogP contribution < -0.4 is 0 Å². The van der Waals surface area contributed by atoms with Crippen LogP contribution in [-0.4, -0.2) is 49.1 Å². The van der Waals surface area contributed by atoms with Crippen LogP contribution in [0.1, 0.15) is 86.5 Å². The van der Waals surface area contributed by atoms with Gasteiger partial charge >= 0.3 is 0 Å². The Balaban J connectivity index is 1.08. The standard InChI is InChI=1S/C31H44N2/c1-5-17-32(18-6-1)21-9-3-11-26-13-15-30-28(23-26)25-29-24-27(14-16-31(29)30)12-4-10-22-33-19-7-2-8-20-33/h13-16,23-24H,1-12,17-22,25H2. The normalized spacial score (nSPS) is 18.9. The second-order valence-electron chi connectivity index (χ2n) is 10.9. The molecule has 2 aromatic rings. The molecule has 2 aliphatic heterocycles. The molecule has 0 bridgehead atoms. The van der Waals surface area contributed by atoms with Gasteiger partial charge in [-0.1, -0.05) is 49.2 Å². The Hall–Kier alpha value is -1.64. The molecule has 2 fully saturated rings. The van der Waals surface area contributed by atoms with Gasteiger partial charge < -0.3 is 9.80 Å². The van der Waals surface area contributed by atoms with Gasteiger partial charge in [-0.25, -0.2) is 0 Å². The van der Waals surface area contributed by atoms with E-state index in [1.54, 1.807) is 11.1 Å². The number of hydrogen-bond donors (Lipinski definition) is 0. The van der Waals surface area contributed by atoms with E-state index in [9.17, 15) is 0 Å². The highest BCUT2D eigenvalue weighted by molar-refractivity contribution is 5.77. The fraction of sp³-hybridized carbons (Fsp3) is 0.613. The zero-order valence-corrected chi connectivity index (χ0v) is 20.8. The molecule has 0 atom stereocenters. The molecule has 2 nitrogen and oxygen atoms in total. The first kappa shape index (κ1) is 23.1. The lowest BCUT2D eigenvalue weighted by Crippen LogP contribution is -2.30. The molecule has 0 spiro atoms. The molecule has 33 heavy (non-hydrogen) atoms. The van der Waals surface area contributed by atoms with E-state index >= 15 is 0 Å². The molecular weight excluding hydrogens is 400 g/mol. The molecule has 1 aliphatic carbocycles. The van der Waals surface area contributed by atoms with Crippen LogP contribution in [0.4, 0.5) is 0 Å². The fourth-order valence-electron chi connectivity index (χ4n) is 6.32. The van der Waals surface area contributed by atoms with E-state index in [4.69, 9.17) is 0 Å². The summed E-state index contributed by atoms with van der Waals surface area (Å²) in [4.78, 5) is 5.35. The van der Waals surface area contributed by atoms with Crippen LogP contribution in [0.3, 0.4) is 0 Å². The minimum absolute atomic E-state index is 1.13. The number of likely N-dealkylation sites (tertiary alicyclic amines) is 2. The van der Waals surface area contributed by atoms with E-state index in [0.29, 0.717) is 0 Å². The van der Waals surface area contributed by atoms with Gasteiger partial charge in [-0.05, 0) is 143 Å². The molecule has 0 aromatic heterocycles. The molecule has 0 amide bonds. The number of aryl methyl sites for hydroxylation is 2. The summed E-state index contributed by atoms with van der Waals surface area (Å²) in [5, 5.41) is 0. The molecule has 0 N–H and O–H groups in total. The van der Waals surface area contributed by atoms with E-state index < -0.39 is 0 Å². The van der Waals surface area contributed by atoms with Crippen LogP contribution in [0.5, 0.6) is 0 Å². The first-order valence-electron chi connectivity index (χ1n) is 14.0. The number of hydrogen-bond acceptors (Lipinski definition) is 2. The summed E-state index contributed by atoms with van der Waals surface area (Å²) in [6.07, 6.45) is 17.5. The lowest BCUT2D eigenvalue weighted by molar-refractivity contribution is 0.225. The molecule has 2 saturated heterocycles. The van der Waals surface area contributed by atoms with E-state index in [1.807, 2.05) is 0 Å². The summed E-state index contributed by atoms with van der Waals surface area (Å²) < 4.78 is 0. The maximum Gasteiger partial charge on any atom is -0.00133 e. The zero-order chi connectivity index (χ0) is 22.3. The lowest BCUT2D eigenvalue weighted by atomic mass is 9.99. The van der Waals surface area contributed by atoms with E-state index in [1.165, 1.54) is 139 Å². The second-order valence-corrected chi connectivity index (χ2v) is 10.9. The van der Waals surface area contributed by atoms with Gasteiger partial charge in [-0.3, -0.25) is 0 Å². The quantitative estimate of drug-likeness (QED) is 0.315. The van der Waals surface area contributed by atoms with Crippen LogP contribution in [-0.2, 0) is 19.3 Å². The van der Waals surface area contributed by atoms with Crippen LogP contribution in [0.2, 0.25) is 0 Å². The molecule has 0 radical (unpaired) electrons. The molecule has 3 aliphatic rings. The molecule has 2 heterocycles. The summed E-state index contributed by atoms with van der Waals surface area (Å²) >= 11 is 0. The highest BCUT2D eigenvalue weighted by Crippen LogP contribution is 2.37. The minimum Gasteiger partial charge on any atom is -0.303 e. The first-order valence-corrected chi connectivity index (χ1v) is 14.0. The van der Waals surface area contributed by atoms with Crippen molar-refractivity contribution in [3.63, 3.8) is 0 Å². The Morgan fingerprint density at radius 3 is 1.42 bits per heavy atom. The average Bonchev–Trinajstić information content (AvgIpc) is 3.23. The molecule has 178 valence electrons. The highest BCUT2D eigenvalue weighted by atomic mass is 15.1. The maximum absolute atomic E-state index is 2.67. The van der Waals surface area contributed by atoms with Gasteiger partial charge in [0.1, 0.15) is 0 Å². The van der Waals surface area contributed by atoms with Crippen molar-refractivity contribution in [2.45, 2.75) is 83.5 Å². The van der Waals surface area contributed by atoms with Crippen LogP contribution in [0.15, 0.2) is 36.4 Å². The molecule has 5 rings (SSSR count). The van der Waals surface area contributed by atoms with Crippen molar-refractivity contribution in [1.29, 1.82) is 0 Å². The van der Waals surface area contributed by atoms with Crippen molar-refractivity contribution in [2.75, 3.05) is 39.3 Å². The highest BCUT2D eigenvalue weighted by Gasteiger charge is 2.19. The third-order valence-corrected chi connectivity index (χ3v) is 8.29. The van der Waals surface area contributed by atoms with Crippen LogP contribution in [0.25, 0.3) is 11.1 Å². The molecule has 2 aromatic carbocycles.